The molecule has 0 radical (unpaired) electrons. The van der Waals surface area contributed by atoms with E-state index in [0.717, 1.165) is 18.9 Å². The van der Waals surface area contributed by atoms with E-state index in [4.69, 9.17) is 0 Å². The van der Waals surface area contributed by atoms with E-state index in [2.05, 4.69) is 42.4 Å². The van der Waals surface area contributed by atoms with Crippen LogP contribution in [0, 0.1) is 5.92 Å². The largest absolute Gasteiger partial charge is 0.325 e. The maximum atomic E-state index is 13.1. The minimum absolute atomic E-state index is 0.139. The van der Waals surface area contributed by atoms with Crippen molar-refractivity contribution in [2.75, 3.05) is 39.8 Å². The smallest absolute Gasteiger partial charge is 0.320 e. The molecule has 4 aliphatic rings. The number of amides is 2. The second-order valence-corrected chi connectivity index (χ2v) is 10.5. The molecule has 4 fully saturated rings. The maximum absolute atomic E-state index is 13.1. The number of piperidine rings is 1. The molecule has 154 valence electrons. The van der Waals surface area contributed by atoms with E-state index in [-0.39, 0.29) is 23.2 Å². The molecule has 2 amide bonds. The molecule has 2 saturated carbocycles. The van der Waals surface area contributed by atoms with Gasteiger partial charge >= 0.3 is 6.03 Å². The van der Waals surface area contributed by atoms with Gasteiger partial charge in [-0.2, -0.15) is 0 Å². The zero-order valence-corrected chi connectivity index (χ0v) is 18.2. The molecule has 1 atom stereocenters. The van der Waals surface area contributed by atoms with Gasteiger partial charge in [0.15, 0.2) is 0 Å². The summed E-state index contributed by atoms with van der Waals surface area (Å²) >= 11 is 0. The average Bonchev–Trinajstić information content (AvgIpc) is 3.54. The van der Waals surface area contributed by atoms with Crippen LogP contribution in [0.4, 0.5) is 4.79 Å². The van der Waals surface area contributed by atoms with Crippen molar-refractivity contribution in [3.63, 3.8) is 0 Å². The van der Waals surface area contributed by atoms with Crippen LogP contribution in [0.3, 0.4) is 0 Å². The normalized spacial score (nSPS) is 31.3. The van der Waals surface area contributed by atoms with Crippen molar-refractivity contribution in [2.24, 2.45) is 5.92 Å². The minimum atomic E-state index is 0.139. The number of urea groups is 1. The topological polar surface area (TPSA) is 30.0 Å². The second-order valence-electron chi connectivity index (χ2n) is 10.5. The molecule has 1 unspecified atom stereocenters. The third kappa shape index (κ3) is 3.62. The van der Waals surface area contributed by atoms with Crippen molar-refractivity contribution in [3.05, 3.63) is 0 Å². The first-order valence-electron chi connectivity index (χ1n) is 11.3. The van der Waals surface area contributed by atoms with Crippen molar-refractivity contribution in [1.29, 1.82) is 0 Å². The summed E-state index contributed by atoms with van der Waals surface area (Å²) in [4.78, 5) is 22.9. The van der Waals surface area contributed by atoms with Gasteiger partial charge in [0.1, 0.15) is 0 Å². The standard InChI is InChI=1S/C22H40N4O/c1-17(2)23(5)20(27)26-11-10-22(15-21(26)8-9-21)16-24(18(3)4)12-13-25(22)14-19-6-7-19/h17-19H,6-16H2,1-5H3. The highest BCUT2D eigenvalue weighted by atomic mass is 16.2. The van der Waals surface area contributed by atoms with E-state index >= 15 is 0 Å². The van der Waals surface area contributed by atoms with E-state index in [1.54, 1.807) is 0 Å². The van der Waals surface area contributed by atoms with Crippen LogP contribution in [0.25, 0.3) is 0 Å². The number of piperazine rings is 1. The fourth-order valence-corrected chi connectivity index (χ4v) is 5.44. The molecule has 5 heteroatoms. The molecule has 2 heterocycles. The first-order chi connectivity index (χ1) is 12.8. The molecule has 0 aromatic heterocycles. The molecule has 2 saturated heterocycles. The first kappa shape index (κ1) is 19.5. The lowest BCUT2D eigenvalue weighted by Crippen LogP contribution is -2.69. The van der Waals surface area contributed by atoms with Gasteiger partial charge in [0.2, 0.25) is 0 Å². The van der Waals surface area contributed by atoms with Gasteiger partial charge < -0.3 is 9.80 Å². The minimum Gasteiger partial charge on any atom is -0.325 e. The second kappa shape index (κ2) is 6.91. The summed E-state index contributed by atoms with van der Waals surface area (Å²) in [6.45, 7) is 14.7. The molecule has 2 spiro atoms. The summed E-state index contributed by atoms with van der Waals surface area (Å²) in [5.74, 6) is 0.939. The Balaban J connectivity index is 1.54. The average molecular weight is 377 g/mol. The Labute approximate surface area is 166 Å². The monoisotopic (exact) mass is 376 g/mol. The first-order valence-corrected chi connectivity index (χ1v) is 11.3. The third-order valence-electron chi connectivity index (χ3n) is 7.90. The number of carbonyl (C=O) groups excluding carboxylic acids is 1. The van der Waals surface area contributed by atoms with Gasteiger partial charge in [0, 0.05) is 62.9 Å². The number of rotatable bonds is 4. The molecule has 2 aliphatic heterocycles. The van der Waals surface area contributed by atoms with Gasteiger partial charge in [-0.15, -0.1) is 0 Å². The van der Waals surface area contributed by atoms with Gasteiger partial charge in [-0.05, 0) is 72.1 Å². The van der Waals surface area contributed by atoms with Crippen molar-refractivity contribution in [3.8, 4) is 0 Å². The van der Waals surface area contributed by atoms with Crippen LogP contribution in [-0.4, -0.2) is 88.6 Å². The molecule has 4 rings (SSSR count). The molecule has 0 bridgehead atoms. The van der Waals surface area contributed by atoms with Crippen LogP contribution in [0.5, 0.6) is 0 Å². The van der Waals surface area contributed by atoms with Gasteiger partial charge in [0.05, 0.1) is 0 Å². The lowest BCUT2D eigenvalue weighted by molar-refractivity contribution is -0.0683. The number of nitrogens with zero attached hydrogens (tertiary/aromatic N) is 4. The molecular formula is C22H40N4O. The van der Waals surface area contributed by atoms with E-state index in [0.29, 0.717) is 6.04 Å². The van der Waals surface area contributed by atoms with Crippen molar-refractivity contribution < 1.29 is 4.79 Å². The SMILES string of the molecule is CC(C)N1CCN(CC2CC2)C2(CCN(C(=O)N(C)C(C)C)C3(CC3)C2)C1. The number of hydrogen-bond acceptors (Lipinski definition) is 3. The third-order valence-corrected chi connectivity index (χ3v) is 7.90. The Morgan fingerprint density at radius 1 is 1.04 bits per heavy atom. The summed E-state index contributed by atoms with van der Waals surface area (Å²) in [5.41, 5.74) is 0.426. The van der Waals surface area contributed by atoms with Crippen molar-refractivity contribution in [1.82, 2.24) is 19.6 Å². The number of likely N-dealkylation sites (tertiary alicyclic amines) is 1. The van der Waals surface area contributed by atoms with E-state index in [9.17, 15) is 4.79 Å². The van der Waals surface area contributed by atoms with Crippen molar-refractivity contribution >= 4 is 6.03 Å². The maximum Gasteiger partial charge on any atom is 0.320 e. The van der Waals surface area contributed by atoms with E-state index in [1.807, 2.05) is 11.9 Å². The number of hydrogen-bond donors (Lipinski definition) is 0. The van der Waals surface area contributed by atoms with E-state index in [1.165, 1.54) is 58.3 Å². The number of carbonyl (C=O) groups is 1. The van der Waals surface area contributed by atoms with Crippen LogP contribution < -0.4 is 0 Å². The molecule has 2 aliphatic carbocycles. The van der Waals surface area contributed by atoms with Crippen LogP contribution >= 0.6 is 0 Å². The predicted octanol–water partition coefficient (Wildman–Crippen LogP) is 3.25. The Kier molecular flexibility index (Phi) is 4.99. The molecular weight excluding hydrogens is 336 g/mol. The van der Waals surface area contributed by atoms with Crippen molar-refractivity contribution in [2.45, 2.75) is 89.4 Å². The summed E-state index contributed by atoms with van der Waals surface area (Å²) in [6.07, 6.45) is 7.58. The molecule has 27 heavy (non-hydrogen) atoms. The highest BCUT2D eigenvalue weighted by Crippen LogP contribution is 2.54. The molecule has 5 nitrogen and oxygen atoms in total. The lowest BCUT2D eigenvalue weighted by Gasteiger charge is -2.58. The van der Waals surface area contributed by atoms with Crippen LogP contribution in [-0.2, 0) is 0 Å². The zero-order valence-electron chi connectivity index (χ0n) is 18.2. The van der Waals surface area contributed by atoms with Crippen LogP contribution in [0.2, 0.25) is 0 Å². The van der Waals surface area contributed by atoms with Gasteiger partial charge in [-0.25, -0.2) is 4.79 Å². The summed E-state index contributed by atoms with van der Waals surface area (Å²) in [7, 11) is 1.97. The molecule has 0 aromatic rings. The molecule has 0 N–H and O–H groups in total. The van der Waals surface area contributed by atoms with Gasteiger partial charge in [0.25, 0.3) is 0 Å². The highest BCUT2D eigenvalue weighted by molar-refractivity contribution is 5.76. The van der Waals surface area contributed by atoms with Crippen LogP contribution in [0.1, 0.15) is 66.2 Å². The summed E-state index contributed by atoms with van der Waals surface area (Å²) in [6, 6.07) is 1.14. The Morgan fingerprint density at radius 3 is 2.30 bits per heavy atom. The van der Waals surface area contributed by atoms with E-state index < -0.39 is 0 Å². The quantitative estimate of drug-likeness (QED) is 0.754. The fraction of sp³-hybridized carbons (Fsp3) is 0.955. The Morgan fingerprint density at radius 2 is 1.74 bits per heavy atom. The lowest BCUT2D eigenvalue weighted by atomic mass is 9.77. The molecule has 0 aromatic carbocycles. The zero-order chi connectivity index (χ0) is 19.4. The predicted molar refractivity (Wildman–Crippen MR) is 110 cm³/mol. The Bertz CT molecular complexity index is 569. The fourth-order valence-electron chi connectivity index (χ4n) is 5.44. The summed E-state index contributed by atoms with van der Waals surface area (Å²) in [5, 5.41) is 0. The van der Waals surface area contributed by atoms with Crippen LogP contribution in [0.15, 0.2) is 0 Å². The van der Waals surface area contributed by atoms with Gasteiger partial charge in [-0.1, -0.05) is 0 Å². The van der Waals surface area contributed by atoms with Gasteiger partial charge in [-0.3, -0.25) is 9.80 Å². The summed E-state index contributed by atoms with van der Waals surface area (Å²) < 4.78 is 0. The Hall–Kier alpha value is -0.810. The highest BCUT2D eigenvalue weighted by Gasteiger charge is 2.60.